The molecule has 2 aliphatic rings. The Morgan fingerprint density at radius 3 is 2.89 bits per heavy atom. The van der Waals surface area contributed by atoms with Crippen LogP contribution in [0.2, 0.25) is 0 Å². The fourth-order valence-corrected chi connectivity index (χ4v) is 4.01. The van der Waals surface area contributed by atoms with E-state index in [-0.39, 0.29) is 0 Å². The zero-order valence-corrected chi connectivity index (χ0v) is 16.7. The number of aliphatic imine (C=N–C) groups is 1. The summed E-state index contributed by atoms with van der Waals surface area (Å²) < 4.78 is 5.77. The molecule has 2 aliphatic heterocycles. The number of rotatable bonds is 8. The van der Waals surface area contributed by atoms with Crippen molar-refractivity contribution >= 4 is 5.96 Å². The van der Waals surface area contributed by atoms with Crippen molar-refractivity contribution in [2.75, 3.05) is 45.9 Å². The second-order valence-corrected chi connectivity index (χ2v) is 7.49. The van der Waals surface area contributed by atoms with Crippen molar-refractivity contribution in [3.8, 4) is 5.75 Å². The Morgan fingerprint density at radius 2 is 2.11 bits per heavy atom. The largest absolute Gasteiger partial charge is 0.489 e. The van der Waals surface area contributed by atoms with Gasteiger partial charge in [-0.05, 0) is 51.3 Å². The van der Waals surface area contributed by atoms with Gasteiger partial charge in [0, 0.05) is 31.7 Å². The maximum atomic E-state index is 5.77. The molecule has 0 saturated carbocycles. The van der Waals surface area contributed by atoms with E-state index < -0.39 is 0 Å². The first kappa shape index (κ1) is 19.7. The molecule has 27 heavy (non-hydrogen) atoms. The van der Waals surface area contributed by atoms with E-state index in [2.05, 4.69) is 34.7 Å². The second-order valence-electron chi connectivity index (χ2n) is 7.49. The molecular weight excluding hydrogens is 336 g/mol. The van der Waals surface area contributed by atoms with Crippen LogP contribution in [0.15, 0.2) is 41.9 Å². The van der Waals surface area contributed by atoms with Crippen molar-refractivity contribution in [1.82, 2.24) is 15.1 Å². The van der Waals surface area contributed by atoms with Crippen LogP contribution in [0.5, 0.6) is 5.75 Å². The molecule has 1 atom stereocenters. The van der Waals surface area contributed by atoms with Gasteiger partial charge in [-0.15, -0.1) is 0 Å². The summed E-state index contributed by atoms with van der Waals surface area (Å²) in [5, 5.41) is 3.48. The highest BCUT2D eigenvalue weighted by Gasteiger charge is 2.27. The summed E-state index contributed by atoms with van der Waals surface area (Å²) in [4.78, 5) is 9.97. The minimum atomic E-state index is 0.519. The molecule has 1 aromatic rings. The molecule has 3 rings (SSSR count). The van der Waals surface area contributed by atoms with Crippen molar-refractivity contribution in [3.63, 3.8) is 0 Å². The Kier molecular flexibility index (Phi) is 7.57. The predicted molar refractivity (Wildman–Crippen MR) is 112 cm³/mol. The fourth-order valence-electron chi connectivity index (χ4n) is 4.01. The number of guanidine groups is 1. The van der Waals surface area contributed by atoms with E-state index in [1.54, 1.807) is 6.08 Å². The lowest BCUT2D eigenvalue weighted by Crippen LogP contribution is -2.40. The third-order valence-electron chi connectivity index (χ3n) is 5.36. The van der Waals surface area contributed by atoms with Gasteiger partial charge in [0.05, 0.1) is 6.54 Å². The number of hydrogen-bond acceptors (Lipinski definition) is 3. The molecular formula is C22H34N4O. The van der Waals surface area contributed by atoms with E-state index in [1.165, 1.54) is 38.9 Å². The molecule has 5 nitrogen and oxygen atoms in total. The number of nitrogens with zero attached hydrogens (tertiary/aromatic N) is 3. The van der Waals surface area contributed by atoms with Gasteiger partial charge in [-0.25, -0.2) is 4.99 Å². The molecule has 0 bridgehead atoms. The molecule has 1 aromatic carbocycles. The van der Waals surface area contributed by atoms with Gasteiger partial charge in [0.15, 0.2) is 5.96 Å². The van der Waals surface area contributed by atoms with Crippen LogP contribution in [0.25, 0.3) is 0 Å². The molecule has 2 fully saturated rings. The summed E-state index contributed by atoms with van der Waals surface area (Å²) in [6, 6.07) is 8.13. The van der Waals surface area contributed by atoms with Gasteiger partial charge >= 0.3 is 0 Å². The first-order valence-corrected chi connectivity index (χ1v) is 10.4. The molecule has 2 heterocycles. The third-order valence-corrected chi connectivity index (χ3v) is 5.36. The van der Waals surface area contributed by atoms with Gasteiger partial charge in [-0.2, -0.15) is 0 Å². The zero-order valence-electron chi connectivity index (χ0n) is 16.7. The van der Waals surface area contributed by atoms with Crippen LogP contribution in [-0.2, 0) is 6.54 Å². The van der Waals surface area contributed by atoms with Crippen molar-refractivity contribution in [3.05, 3.63) is 42.5 Å². The monoisotopic (exact) mass is 370 g/mol. The summed E-state index contributed by atoms with van der Waals surface area (Å²) >= 11 is 0. The molecule has 1 N–H and O–H groups in total. The summed E-state index contributed by atoms with van der Waals surface area (Å²) in [6.07, 6.45) is 5.77. The molecule has 148 valence electrons. The van der Waals surface area contributed by atoms with Gasteiger partial charge in [0.2, 0.25) is 0 Å². The van der Waals surface area contributed by atoms with Crippen LogP contribution in [0.1, 0.15) is 31.7 Å². The van der Waals surface area contributed by atoms with Crippen LogP contribution in [-0.4, -0.2) is 61.6 Å². The van der Waals surface area contributed by atoms with E-state index in [9.17, 15) is 0 Å². The summed E-state index contributed by atoms with van der Waals surface area (Å²) in [6.45, 7) is 13.9. The zero-order chi connectivity index (χ0) is 18.9. The Labute approximate surface area is 164 Å². The van der Waals surface area contributed by atoms with Crippen LogP contribution >= 0.6 is 0 Å². The maximum absolute atomic E-state index is 5.77. The number of nitrogens with one attached hydrogen (secondary N) is 1. The number of hydrogen-bond donors (Lipinski definition) is 1. The highest BCUT2D eigenvalue weighted by Crippen LogP contribution is 2.22. The van der Waals surface area contributed by atoms with E-state index in [4.69, 9.17) is 9.73 Å². The summed E-state index contributed by atoms with van der Waals surface area (Å²) in [7, 11) is 0. The Morgan fingerprint density at radius 1 is 1.30 bits per heavy atom. The minimum Gasteiger partial charge on any atom is -0.489 e. The quantitative estimate of drug-likeness (QED) is 0.434. The van der Waals surface area contributed by atoms with Gasteiger partial charge in [0.25, 0.3) is 0 Å². The van der Waals surface area contributed by atoms with E-state index in [1.807, 2.05) is 18.2 Å². The summed E-state index contributed by atoms with van der Waals surface area (Å²) in [5.74, 6) is 2.68. The van der Waals surface area contributed by atoms with Crippen molar-refractivity contribution in [1.29, 1.82) is 0 Å². The van der Waals surface area contributed by atoms with Gasteiger partial charge in [0.1, 0.15) is 12.4 Å². The Bertz CT molecular complexity index is 624. The Hall–Kier alpha value is -2.01. The average molecular weight is 371 g/mol. The topological polar surface area (TPSA) is 40.1 Å². The van der Waals surface area contributed by atoms with Crippen molar-refractivity contribution in [2.24, 2.45) is 10.9 Å². The van der Waals surface area contributed by atoms with Gasteiger partial charge in [-0.1, -0.05) is 30.9 Å². The number of benzene rings is 1. The SMILES string of the molecule is C=CCOc1ccccc1CN=C(NCC)N1CCC(CN2CCCC2)C1. The molecule has 0 amide bonds. The first-order chi connectivity index (χ1) is 13.3. The second kappa shape index (κ2) is 10.4. The van der Waals surface area contributed by atoms with Crippen LogP contribution in [0.4, 0.5) is 0 Å². The number of ether oxygens (including phenoxy) is 1. The van der Waals surface area contributed by atoms with Crippen LogP contribution in [0, 0.1) is 5.92 Å². The van der Waals surface area contributed by atoms with Crippen molar-refractivity contribution < 1.29 is 4.74 Å². The molecule has 5 heteroatoms. The lowest BCUT2D eigenvalue weighted by atomic mass is 10.1. The number of likely N-dealkylation sites (tertiary alicyclic amines) is 2. The lowest BCUT2D eigenvalue weighted by molar-refractivity contribution is 0.281. The first-order valence-electron chi connectivity index (χ1n) is 10.4. The molecule has 2 saturated heterocycles. The Balaban J connectivity index is 1.60. The van der Waals surface area contributed by atoms with Gasteiger partial charge in [-0.3, -0.25) is 0 Å². The van der Waals surface area contributed by atoms with Gasteiger partial charge < -0.3 is 19.9 Å². The van der Waals surface area contributed by atoms with Crippen molar-refractivity contribution in [2.45, 2.75) is 32.7 Å². The van der Waals surface area contributed by atoms with Crippen LogP contribution < -0.4 is 10.1 Å². The molecule has 0 spiro atoms. The molecule has 0 aliphatic carbocycles. The highest BCUT2D eigenvalue weighted by molar-refractivity contribution is 5.80. The maximum Gasteiger partial charge on any atom is 0.194 e. The molecule has 1 unspecified atom stereocenters. The third kappa shape index (κ3) is 5.73. The summed E-state index contributed by atoms with van der Waals surface area (Å²) in [5.41, 5.74) is 1.11. The normalized spacial score (nSPS) is 20.9. The van der Waals surface area contributed by atoms with Crippen LogP contribution in [0.3, 0.4) is 0 Å². The smallest absolute Gasteiger partial charge is 0.194 e. The standard InChI is InChI=1S/C22H34N4O/c1-3-15-27-21-10-6-5-9-20(21)16-24-22(23-4-2)26-14-11-19(18-26)17-25-12-7-8-13-25/h3,5-6,9-10,19H,1,4,7-8,11-18H2,2H3,(H,23,24). The lowest BCUT2D eigenvalue weighted by Gasteiger charge is -2.23. The number of para-hydroxylation sites is 1. The molecule has 0 radical (unpaired) electrons. The predicted octanol–water partition coefficient (Wildman–Crippen LogP) is 3.13. The van der Waals surface area contributed by atoms with E-state index in [0.29, 0.717) is 13.2 Å². The highest BCUT2D eigenvalue weighted by atomic mass is 16.5. The molecule has 0 aromatic heterocycles. The average Bonchev–Trinajstić information content (AvgIpc) is 3.37. The fraction of sp³-hybridized carbons (Fsp3) is 0.591. The van der Waals surface area contributed by atoms with E-state index >= 15 is 0 Å². The van der Waals surface area contributed by atoms with E-state index in [0.717, 1.165) is 42.8 Å². The minimum absolute atomic E-state index is 0.519.